The molecular weight excluding hydrogens is 268 g/mol. The summed E-state index contributed by atoms with van der Waals surface area (Å²) in [5.41, 5.74) is 0.602. The number of hydrogen-bond acceptors (Lipinski definition) is 3. The minimum absolute atomic E-state index is 0. The molecule has 0 unspecified atom stereocenters. The van der Waals surface area contributed by atoms with E-state index in [0.717, 1.165) is 0 Å². The number of carbonyl (C=O) groups is 1. The largest absolute Gasteiger partial charge is 0.358 e. The summed E-state index contributed by atoms with van der Waals surface area (Å²) in [7, 11) is 6.65. The Kier molecular flexibility index (Phi) is 16.3. The molecule has 0 saturated carbocycles. The Morgan fingerprint density at radius 1 is 1.58 bits per heavy atom. The summed E-state index contributed by atoms with van der Waals surface area (Å²) < 4.78 is 8.16. The maximum atomic E-state index is 10.5. The van der Waals surface area contributed by atoms with Gasteiger partial charge < -0.3 is 14.9 Å². The van der Waals surface area contributed by atoms with Crippen LogP contribution in [0.2, 0.25) is 0 Å². The maximum absolute atomic E-state index is 10.5. The second-order valence-electron chi connectivity index (χ2n) is 1.44. The molecule has 5 heteroatoms. The van der Waals surface area contributed by atoms with E-state index in [2.05, 4.69) is 8.42 Å². The number of rotatable bonds is 2. The molecule has 0 N–H and O–H groups in total. The van der Waals surface area contributed by atoms with Gasteiger partial charge in [-0.1, -0.05) is 0 Å². The molecule has 0 fully saturated rings. The van der Waals surface area contributed by atoms with Gasteiger partial charge in [-0.25, -0.2) is 0 Å². The fraction of sp³-hybridized carbons (Fsp3) is 0.286. The molecule has 0 atom stereocenters. The van der Waals surface area contributed by atoms with E-state index in [1.165, 1.54) is 13.2 Å². The molecule has 0 radical (unpaired) electrons. The second-order valence-corrected chi connectivity index (χ2v) is 2.75. The van der Waals surface area contributed by atoms with Crippen molar-refractivity contribution in [2.45, 2.75) is 6.92 Å². The Labute approximate surface area is 85.6 Å². The van der Waals surface area contributed by atoms with E-state index in [0.29, 0.717) is 5.70 Å². The third-order valence-corrected chi connectivity index (χ3v) is 1.72. The number of hydrogen-bond donors (Lipinski definition) is 0. The summed E-state index contributed by atoms with van der Waals surface area (Å²) in [4.78, 5) is 10.5. The minimum atomic E-state index is -0.400. The van der Waals surface area contributed by atoms with E-state index in [1.807, 2.05) is 0 Å². The molecule has 0 rings (SSSR count). The van der Waals surface area contributed by atoms with Crippen molar-refractivity contribution in [3.63, 3.8) is 0 Å². The number of carbonyl (C=O) groups excluding carboxylic acids is 1. The molecule has 0 aromatic carbocycles. The average Bonchev–Trinajstić information content (AvgIpc) is 1.88. The molecule has 0 heterocycles. The number of esters is 1. The quantitative estimate of drug-likeness (QED) is 0.337. The molecule has 0 aromatic rings. The maximum Gasteiger partial charge on any atom is -0.358 e. The summed E-state index contributed by atoms with van der Waals surface area (Å²) in [5.74, 6) is -0.400. The first-order valence-electron chi connectivity index (χ1n) is 2.39. The van der Waals surface area contributed by atoms with Gasteiger partial charge in [0.2, 0.25) is 0 Å². The summed E-state index contributed by atoms with van der Waals surface area (Å²) in [6.07, 6.45) is 1.30. The first-order valence-corrected chi connectivity index (χ1v) is 5.24. The summed E-state index contributed by atoms with van der Waals surface area (Å²) >= 11 is -0.353. The molecule has 12 heavy (non-hydrogen) atoms. The Hall–Kier alpha value is -0.0766. The van der Waals surface area contributed by atoms with Crippen LogP contribution < -0.4 is 0 Å². The van der Waals surface area contributed by atoms with Crippen LogP contribution in [0.3, 0.4) is 0 Å². The van der Waals surface area contributed by atoms with Crippen LogP contribution in [0.5, 0.6) is 0 Å². The molecule has 0 bridgehead atoms. The fourth-order valence-electron chi connectivity index (χ4n) is 0.295. The first-order chi connectivity index (χ1) is 4.70. The molecule has 0 aliphatic carbocycles. The van der Waals surface area contributed by atoms with Gasteiger partial charge in [0.05, 0.1) is 0 Å². The van der Waals surface area contributed by atoms with E-state index in [1.54, 1.807) is 6.92 Å². The first kappa shape index (κ1) is 17.9. The Bertz CT molecular complexity index is 180. The zero-order valence-corrected chi connectivity index (χ0v) is 9.95. The van der Waals surface area contributed by atoms with Crippen molar-refractivity contribution in [2.24, 2.45) is 3.68 Å². The van der Waals surface area contributed by atoms with Gasteiger partial charge in [-0.05, 0) is 0 Å². The van der Waals surface area contributed by atoms with Crippen LogP contribution in [0.1, 0.15) is 6.92 Å². The van der Waals surface area contributed by atoms with Crippen LogP contribution in [-0.4, -0.2) is 13.1 Å². The Morgan fingerprint density at radius 2 is 2.08 bits per heavy atom. The van der Waals surface area contributed by atoms with Gasteiger partial charge in [0, 0.05) is 0 Å². The van der Waals surface area contributed by atoms with E-state index >= 15 is 0 Å². The smallest absolute Gasteiger partial charge is 0.358 e. The van der Waals surface area contributed by atoms with Crippen LogP contribution in [-0.2, 0) is 25.5 Å². The third kappa shape index (κ3) is 9.92. The molecule has 0 aromatic heterocycles. The fourth-order valence-corrected chi connectivity index (χ4v) is 1.15. The van der Waals surface area contributed by atoms with Crippen molar-refractivity contribution < 1.29 is 25.5 Å². The zero-order valence-electron chi connectivity index (χ0n) is 7.55. The van der Waals surface area contributed by atoms with Crippen LogP contribution in [0.4, 0.5) is 0 Å². The van der Waals surface area contributed by atoms with Gasteiger partial charge in [0.15, 0.2) is 0 Å². The molecule has 0 aliphatic heterocycles. The van der Waals surface area contributed by atoms with Crippen molar-refractivity contribution in [2.75, 3.05) is 7.11 Å². The SMILES string of the molecule is COC(=O)/C=C(/C)[N]=[Rh][Cl].[CH3-].[CH3-]. The van der Waals surface area contributed by atoms with E-state index in [9.17, 15) is 4.79 Å². The van der Waals surface area contributed by atoms with E-state index in [4.69, 9.17) is 9.69 Å². The van der Waals surface area contributed by atoms with Gasteiger partial charge >= 0.3 is 70.6 Å². The second kappa shape index (κ2) is 10.9. The van der Waals surface area contributed by atoms with Crippen molar-refractivity contribution in [1.29, 1.82) is 0 Å². The number of allylic oxidation sites excluding steroid dienone is 1. The molecule has 0 aliphatic rings. The molecule has 76 valence electrons. The monoisotopic (exact) mass is 281 g/mol. The van der Waals surface area contributed by atoms with Crippen LogP contribution >= 0.6 is 9.69 Å². The zero-order chi connectivity index (χ0) is 7.98. The van der Waals surface area contributed by atoms with Crippen molar-refractivity contribution in [1.82, 2.24) is 0 Å². The standard InChI is InChI=1S/C5H7NO2.2CH3.ClH.Rh/c1-4(6)3-5(7)8-2;;;;/h3H,1-2H3;2*1H3;1H;/q;2*-1;;+1/p-1/b4-3-;;;;. The van der Waals surface area contributed by atoms with E-state index in [-0.39, 0.29) is 30.8 Å². The summed E-state index contributed by atoms with van der Waals surface area (Å²) in [5, 5.41) is 0. The minimum Gasteiger partial charge on any atom is -0.358 e. The number of halogens is 1. The van der Waals surface area contributed by atoms with Crippen molar-refractivity contribution in [3.8, 4) is 0 Å². The Morgan fingerprint density at radius 3 is 2.42 bits per heavy atom. The van der Waals surface area contributed by atoms with Gasteiger partial charge in [-0.3, -0.25) is 0 Å². The summed E-state index contributed by atoms with van der Waals surface area (Å²) in [6.45, 7) is 1.70. The van der Waals surface area contributed by atoms with Crippen LogP contribution in [0.15, 0.2) is 15.5 Å². The molecule has 0 spiro atoms. The number of ether oxygens (including phenoxy) is 1. The van der Waals surface area contributed by atoms with E-state index < -0.39 is 5.97 Å². The van der Waals surface area contributed by atoms with Crippen molar-refractivity contribution in [3.05, 3.63) is 26.6 Å². The van der Waals surface area contributed by atoms with Gasteiger partial charge in [0.25, 0.3) is 0 Å². The van der Waals surface area contributed by atoms with Crippen molar-refractivity contribution >= 4 is 15.7 Å². The molecule has 0 saturated heterocycles. The van der Waals surface area contributed by atoms with Crippen LogP contribution in [0.25, 0.3) is 0 Å². The predicted octanol–water partition coefficient (Wildman–Crippen LogP) is 2.38. The molecule has 0 amide bonds. The van der Waals surface area contributed by atoms with Gasteiger partial charge in [-0.15, -0.1) is 0 Å². The third-order valence-electron chi connectivity index (χ3n) is 0.674. The predicted molar refractivity (Wildman–Crippen MR) is 46.9 cm³/mol. The number of nitrogens with zero attached hydrogens (tertiary/aromatic N) is 1. The van der Waals surface area contributed by atoms with Crippen LogP contribution in [0, 0.1) is 14.9 Å². The summed E-state index contributed by atoms with van der Waals surface area (Å²) in [6, 6.07) is 0. The number of methoxy groups -OCH3 is 1. The topological polar surface area (TPSA) is 38.7 Å². The molecule has 3 nitrogen and oxygen atoms in total. The molecular formula is C7H13ClNO2Rh-2. The Balaban J connectivity index is -0.000000405. The average molecular weight is 282 g/mol. The van der Waals surface area contributed by atoms with Gasteiger partial charge in [0.1, 0.15) is 0 Å². The van der Waals surface area contributed by atoms with Gasteiger partial charge in [-0.2, -0.15) is 0 Å². The normalized spacial score (nSPS) is 11.4.